The summed E-state index contributed by atoms with van der Waals surface area (Å²) < 4.78 is 0.997. The molecule has 106 valence electrons. The Hall–Kier alpha value is -0.830. The minimum absolute atomic E-state index is 0.146. The molecule has 0 aromatic heterocycles. The van der Waals surface area contributed by atoms with E-state index in [0.29, 0.717) is 5.92 Å². The summed E-state index contributed by atoms with van der Waals surface area (Å²) in [5.74, 6) is 0.740. The number of nitrogens with zero attached hydrogens (tertiary/aromatic N) is 1. The van der Waals surface area contributed by atoms with Gasteiger partial charge in [0.15, 0.2) is 0 Å². The van der Waals surface area contributed by atoms with E-state index in [1.165, 1.54) is 0 Å². The van der Waals surface area contributed by atoms with Gasteiger partial charge in [-0.3, -0.25) is 4.79 Å². The zero-order chi connectivity index (χ0) is 14.4. The van der Waals surface area contributed by atoms with Crippen LogP contribution in [0.3, 0.4) is 0 Å². The zero-order valence-corrected chi connectivity index (χ0v) is 14.0. The van der Waals surface area contributed by atoms with Gasteiger partial charge < -0.3 is 4.90 Å². The van der Waals surface area contributed by atoms with E-state index < -0.39 is 0 Å². The van der Waals surface area contributed by atoms with Crippen LogP contribution in [-0.2, 0) is 0 Å². The molecule has 0 N–H and O–H groups in total. The Morgan fingerprint density at radius 1 is 1.26 bits per heavy atom. The minimum Gasteiger partial charge on any atom is -0.339 e. The van der Waals surface area contributed by atoms with Gasteiger partial charge in [-0.15, -0.1) is 0 Å². The monoisotopic (exact) mass is 325 g/mol. The van der Waals surface area contributed by atoms with Gasteiger partial charge in [-0.2, -0.15) is 0 Å². The molecule has 0 atom stereocenters. The van der Waals surface area contributed by atoms with E-state index in [0.717, 1.165) is 41.5 Å². The highest BCUT2D eigenvalue weighted by Crippen LogP contribution is 2.21. The molecule has 2 nitrogen and oxygen atoms in total. The van der Waals surface area contributed by atoms with Crippen LogP contribution < -0.4 is 0 Å². The number of benzene rings is 1. The summed E-state index contributed by atoms with van der Waals surface area (Å²) in [6.45, 7) is 10.0. The predicted octanol–water partition coefficient (Wildman–Crippen LogP) is 4.66. The highest BCUT2D eigenvalue weighted by Gasteiger charge is 2.19. The Balaban J connectivity index is 2.92. The average molecular weight is 326 g/mol. The molecule has 3 heteroatoms. The normalized spacial score (nSPS) is 10.8. The third kappa shape index (κ3) is 4.07. The first-order valence-corrected chi connectivity index (χ1v) is 7.88. The number of carbonyl (C=O) groups excluding carboxylic acids is 1. The summed E-state index contributed by atoms with van der Waals surface area (Å²) in [4.78, 5) is 14.6. The number of rotatable bonds is 6. The fourth-order valence-electron chi connectivity index (χ4n) is 2.22. The van der Waals surface area contributed by atoms with Gasteiger partial charge in [-0.25, -0.2) is 0 Å². The van der Waals surface area contributed by atoms with Crippen LogP contribution in [0.4, 0.5) is 0 Å². The number of hydrogen-bond donors (Lipinski definition) is 0. The lowest BCUT2D eigenvalue weighted by molar-refractivity contribution is 0.0734. The summed E-state index contributed by atoms with van der Waals surface area (Å²) in [7, 11) is 0. The molecule has 19 heavy (non-hydrogen) atoms. The standard InChI is InChI=1S/C16H24BrNO/c1-5-13(6-2)11-18(7-3)16(19)14-9-8-10-15(17)12(14)4/h8-10,13H,5-7,11H2,1-4H3. The smallest absolute Gasteiger partial charge is 0.254 e. The fraction of sp³-hybridized carbons (Fsp3) is 0.562. The quantitative estimate of drug-likeness (QED) is 0.745. The van der Waals surface area contributed by atoms with E-state index in [9.17, 15) is 4.79 Å². The summed E-state index contributed by atoms with van der Waals surface area (Å²) >= 11 is 3.49. The molecule has 0 spiro atoms. The topological polar surface area (TPSA) is 20.3 Å². The van der Waals surface area contributed by atoms with Gasteiger partial charge in [0.1, 0.15) is 0 Å². The van der Waals surface area contributed by atoms with Crippen LogP contribution in [0.25, 0.3) is 0 Å². The summed E-state index contributed by atoms with van der Waals surface area (Å²) in [6, 6.07) is 5.82. The highest BCUT2D eigenvalue weighted by molar-refractivity contribution is 9.10. The number of hydrogen-bond acceptors (Lipinski definition) is 1. The van der Waals surface area contributed by atoms with Gasteiger partial charge >= 0.3 is 0 Å². The molecule has 1 rings (SSSR count). The van der Waals surface area contributed by atoms with Crippen LogP contribution >= 0.6 is 15.9 Å². The second kappa shape index (κ2) is 7.68. The lowest BCUT2D eigenvalue weighted by atomic mass is 10.0. The van der Waals surface area contributed by atoms with Crippen LogP contribution in [-0.4, -0.2) is 23.9 Å². The van der Waals surface area contributed by atoms with Gasteiger partial charge in [0.2, 0.25) is 0 Å². The summed E-state index contributed by atoms with van der Waals surface area (Å²) in [5, 5.41) is 0. The molecule has 1 amide bonds. The molecule has 0 aliphatic rings. The Kier molecular flexibility index (Phi) is 6.56. The first-order valence-electron chi connectivity index (χ1n) is 7.09. The lowest BCUT2D eigenvalue weighted by Crippen LogP contribution is -2.35. The molecule has 0 bridgehead atoms. The number of halogens is 1. The molecule has 1 aromatic rings. The Morgan fingerprint density at radius 2 is 1.89 bits per heavy atom. The van der Waals surface area contributed by atoms with Crippen molar-refractivity contribution in [1.82, 2.24) is 4.90 Å². The molecule has 0 unspecified atom stereocenters. The third-order valence-corrected chi connectivity index (χ3v) is 4.66. The van der Waals surface area contributed by atoms with Crippen LogP contribution in [0.2, 0.25) is 0 Å². The van der Waals surface area contributed by atoms with Crippen LogP contribution in [0.5, 0.6) is 0 Å². The van der Waals surface area contributed by atoms with Gasteiger partial charge in [0, 0.05) is 23.1 Å². The van der Waals surface area contributed by atoms with Gasteiger partial charge in [-0.05, 0) is 37.5 Å². The first-order chi connectivity index (χ1) is 9.04. The largest absolute Gasteiger partial charge is 0.339 e. The Morgan fingerprint density at radius 3 is 2.42 bits per heavy atom. The van der Waals surface area contributed by atoms with Gasteiger partial charge in [0.05, 0.1) is 0 Å². The molecule has 0 saturated heterocycles. The van der Waals surface area contributed by atoms with Crippen LogP contribution in [0.15, 0.2) is 22.7 Å². The van der Waals surface area contributed by atoms with Crippen LogP contribution in [0.1, 0.15) is 49.5 Å². The Bertz CT molecular complexity index is 427. The van der Waals surface area contributed by atoms with Crippen molar-refractivity contribution in [2.45, 2.75) is 40.5 Å². The van der Waals surface area contributed by atoms with Gasteiger partial charge in [-0.1, -0.05) is 48.7 Å². The van der Waals surface area contributed by atoms with Crippen molar-refractivity contribution in [1.29, 1.82) is 0 Å². The maximum absolute atomic E-state index is 12.6. The molecule has 0 fully saturated rings. The molecule has 0 aliphatic carbocycles. The van der Waals surface area contributed by atoms with E-state index in [1.54, 1.807) is 0 Å². The van der Waals surface area contributed by atoms with Crippen molar-refractivity contribution >= 4 is 21.8 Å². The zero-order valence-electron chi connectivity index (χ0n) is 12.4. The lowest BCUT2D eigenvalue weighted by Gasteiger charge is -2.26. The van der Waals surface area contributed by atoms with Crippen molar-refractivity contribution in [2.24, 2.45) is 5.92 Å². The molecule has 0 saturated carbocycles. The maximum Gasteiger partial charge on any atom is 0.254 e. The molecule has 1 aromatic carbocycles. The van der Waals surface area contributed by atoms with Crippen molar-refractivity contribution in [3.63, 3.8) is 0 Å². The number of carbonyl (C=O) groups is 1. The predicted molar refractivity (Wildman–Crippen MR) is 84.5 cm³/mol. The van der Waals surface area contributed by atoms with Crippen molar-refractivity contribution in [2.75, 3.05) is 13.1 Å². The molecule has 0 heterocycles. The van der Waals surface area contributed by atoms with Crippen molar-refractivity contribution in [3.05, 3.63) is 33.8 Å². The second-order valence-electron chi connectivity index (χ2n) is 4.94. The third-order valence-electron chi connectivity index (χ3n) is 3.80. The SMILES string of the molecule is CCC(CC)CN(CC)C(=O)c1cccc(Br)c1C. The second-order valence-corrected chi connectivity index (χ2v) is 5.79. The van der Waals surface area contributed by atoms with E-state index in [1.807, 2.05) is 36.9 Å². The van der Waals surface area contributed by atoms with Gasteiger partial charge in [0.25, 0.3) is 5.91 Å². The fourth-order valence-corrected chi connectivity index (χ4v) is 2.59. The maximum atomic E-state index is 12.6. The van der Waals surface area contributed by atoms with E-state index >= 15 is 0 Å². The first kappa shape index (κ1) is 16.2. The molecule has 0 radical (unpaired) electrons. The van der Waals surface area contributed by atoms with E-state index in [-0.39, 0.29) is 5.91 Å². The Labute approximate surface area is 125 Å². The van der Waals surface area contributed by atoms with Crippen LogP contribution in [0, 0.1) is 12.8 Å². The summed E-state index contributed by atoms with van der Waals surface area (Å²) in [5.41, 5.74) is 1.83. The van der Waals surface area contributed by atoms with Crippen molar-refractivity contribution < 1.29 is 4.79 Å². The van der Waals surface area contributed by atoms with E-state index in [2.05, 4.69) is 29.8 Å². The highest BCUT2D eigenvalue weighted by atomic mass is 79.9. The molecular weight excluding hydrogens is 302 g/mol. The molecule has 0 aliphatic heterocycles. The van der Waals surface area contributed by atoms with Crippen molar-refractivity contribution in [3.8, 4) is 0 Å². The molecular formula is C16H24BrNO. The summed E-state index contributed by atoms with van der Waals surface area (Å²) in [6.07, 6.45) is 2.25. The minimum atomic E-state index is 0.146. The number of amides is 1. The van der Waals surface area contributed by atoms with E-state index in [4.69, 9.17) is 0 Å². The average Bonchev–Trinajstić information content (AvgIpc) is 2.43.